The summed E-state index contributed by atoms with van der Waals surface area (Å²) in [7, 11) is -3.33. The molecule has 1 heterocycles. The number of rotatable bonds is 5. The summed E-state index contributed by atoms with van der Waals surface area (Å²) in [6.45, 7) is 0.533. The molecule has 19 heavy (non-hydrogen) atoms. The number of sulfonamides is 1. The summed E-state index contributed by atoms with van der Waals surface area (Å²) in [5, 5.41) is 9.19. The largest absolute Gasteiger partial charge is 0.379 e. The predicted molar refractivity (Wildman–Crippen MR) is 77.2 cm³/mol. The van der Waals surface area contributed by atoms with E-state index in [1.54, 1.807) is 18.2 Å². The molecular formula is C10H11ClN4O2S2. The monoisotopic (exact) mass is 318 g/mol. The molecule has 0 aliphatic carbocycles. The molecule has 102 valence electrons. The van der Waals surface area contributed by atoms with Gasteiger partial charge in [0.25, 0.3) is 0 Å². The SMILES string of the molecule is CS(=O)(=O)Nc1ccc(NCc2csnn2)cc1Cl. The Hall–Kier alpha value is -1.38. The molecule has 0 atom stereocenters. The van der Waals surface area contributed by atoms with Crippen LogP contribution in [0.3, 0.4) is 0 Å². The van der Waals surface area contributed by atoms with Crippen molar-refractivity contribution in [2.45, 2.75) is 6.54 Å². The first-order valence-corrected chi connectivity index (χ1v) is 8.32. The quantitative estimate of drug-likeness (QED) is 0.882. The highest BCUT2D eigenvalue weighted by Gasteiger charge is 2.07. The number of aromatic nitrogens is 2. The van der Waals surface area contributed by atoms with E-state index in [9.17, 15) is 8.42 Å². The predicted octanol–water partition coefficient (Wildman–Crippen LogP) is 2.18. The molecule has 1 aromatic carbocycles. The average Bonchev–Trinajstić information content (AvgIpc) is 2.81. The van der Waals surface area contributed by atoms with Crippen LogP contribution < -0.4 is 10.0 Å². The zero-order chi connectivity index (χ0) is 13.9. The van der Waals surface area contributed by atoms with Gasteiger partial charge in [0.1, 0.15) is 0 Å². The van der Waals surface area contributed by atoms with Crippen molar-refractivity contribution in [3.05, 3.63) is 34.3 Å². The van der Waals surface area contributed by atoms with Gasteiger partial charge in [0.05, 0.1) is 29.2 Å². The molecule has 0 amide bonds. The number of anilines is 2. The highest BCUT2D eigenvalue weighted by Crippen LogP contribution is 2.26. The van der Waals surface area contributed by atoms with E-state index in [0.29, 0.717) is 17.3 Å². The molecule has 0 saturated heterocycles. The van der Waals surface area contributed by atoms with Crippen LogP contribution in [-0.2, 0) is 16.6 Å². The van der Waals surface area contributed by atoms with E-state index in [1.807, 2.05) is 5.38 Å². The van der Waals surface area contributed by atoms with Gasteiger partial charge in [-0.2, -0.15) is 0 Å². The molecule has 0 saturated carbocycles. The highest BCUT2D eigenvalue weighted by atomic mass is 35.5. The van der Waals surface area contributed by atoms with Gasteiger partial charge in [0.2, 0.25) is 10.0 Å². The second-order valence-electron chi connectivity index (χ2n) is 3.82. The molecule has 0 bridgehead atoms. The lowest BCUT2D eigenvalue weighted by Gasteiger charge is -2.09. The van der Waals surface area contributed by atoms with Gasteiger partial charge in [-0.15, -0.1) is 5.10 Å². The first-order valence-electron chi connectivity index (χ1n) is 5.21. The minimum Gasteiger partial charge on any atom is -0.379 e. The molecule has 0 spiro atoms. The zero-order valence-electron chi connectivity index (χ0n) is 9.92. The fraction of sp³-hybridized carbons (Fsp3) is 0.200. The van der Waals surface area contributed by atoms with Crippen molar-refractivity contribution in [2.24, 2.45) is 0 Å². The van der Waals surface area contributed by atoms with Gasteiger partial charge < -0.3 is 5.32 Å². The summed E-state index contributed by atoms with van der Waals surface area (Å²) in [6, 6.07) is 4.99. The molecule has 0 fully saturated rings. The topological polar surface area (TPSA) is 84.0 Å². The van der Waals surface area contributed by atoms with Crippen molar-refractivity contribution in [1.29, 1.82) is 0 Å². The first-order chi connectivity index (χ1) is 8.94. The van der Waals surface area contributed by atoms with Crippen LogP contribution >= 0.6 is 23.1 Å². The fourth-order valence-electron chi connectivity index (χ4n) is 1.36. The van der Waals surface area contributed by atoms with Crippen LogP contribution in [0.15, 0.2) is 23.6 Å². The van der Waals surface area contributed by atoms with Crippen LogP contribution in [0.5, 0.6) is 0 Å². The maximum atomic E-state index is 11.1. The fourth-order valence-corrected chi connectivity index (χ4v) is 2.67. The summed E-state index contributed by atoms with van der Waals surface area (Å²) in [4.78, 5) is 0. The maximum absolute atomic E-state index is 11.1. The lowest BCUT2D eigenvalue weighted by Crippen LogP contribution is -2.10. The van der Waals surface area contributed by atoms with Crippen LogP contribution in [-0.4, -0.2) is 24.3 Å². The van der Waals surface area contributed by atoms with Gasteiger partial charge in [-0.3, -0.25) is 4.72 Å². The lowest BCUT2D eigenvalue weighted by atomic mass is 10.3. The highest BCUT2D eigenvalue weighted by molar-refractivity contribution is 7.92. The van der Waals surface area contributed by atoms with Gasteiger partial charge in [0.15, 0.2) is 0 Å². The van der Waals surface area contributed by atoms with Crippen molar-refractivity contribution >= 4 is 44.5 Å². The summed E-state index contributed by atoms with van der Waals surface area (Å²) < 4.78 is 28.3. The molecule has 1 aromatic heterocycles. The molecule has 6 nitrogen and oxygen atoms in total. The van der Waals surface area contributed by atoms with Gasteiger partial charge in [-0.05, 0) is 29.7 Å². The summed E-state index contributed by atoms with van der Waals surface area (Å²) in [6.07, 6.45) is 1.07. The molecular weight excluding hydrogens is 308 g/mol. The summed E-state index contributed by atoms with van der Waals surface area (Å²) in [5.74, 6) is 0. The molecule has 0 aliphatic heterocycles. The van der Waals surface area contributed by atoms with Crippen LogP contribution in [0.2, 0.25) is 5.02 Å². The average molecular weight is 319 g/mol. The minimum atomic E-state index is -3.33. The maximum Gasteiger partial charge on any atom is 0.229 e. The third kappa shape index (κ3) is 4.34. The number of hydrogen-bond donors (Lipinski definition) is 2. The minimum absolute atomic E-state index is 0.326. The first kappa shape index (κ1) is 14.0. The van der Waals surface area contributed by atoms with Gasteiger partial charge in [-0.25, -0.2) is 8.42 Å². The number of hydrogen-bond acceptors (Lipinski definition) is 6. The number of nitrogens with zero attached hydrogens (tertiary/aromatic N) is 2. The third-order valence-electron chi connectivity index (χ3n) is 2.14. The Kier molecular flexibility index (Phi) is 4.23. The van der Waals surface area contributed by atoms with Crippen molar-refractivity contribution < 1.29 is 8.42 Å². The Labute approximate surface area is 120 Å². The molecule has 9 heteroatoms. The third-order valence-corrected chi connectivity index (χ3v) is 3.60. The summed E-state index contributed by atoms with van der Waals surface area (Å²) >= 11 is 7.29. The Morgan fingerprint density at radius 1 is 1.42 bits per heavy atom. The Morgan fingerprint density at radius 3 is 2.79 bits per heavy atom. The van der Waals surface area contributed by atoms with Crippen molar-refractivity contribution in [2.75, 3.05) is 16.3 Å². The second-order valence-corrected chi connectivity index (χ2v) is 6.58. The normalized spacial score (nSPS) is 11.3. The summed E-state index contributed by atoms with van der Waals surface area (Å²) in [5.41, 5.74) is 1.96. The van der Waals surface area contributed by atoms with E-state index in [2.05, 4.69) is 19.6 Å². The van der Waals surface area contributed by atoms with E-state index < -0.39 is 10.0 Å². The molecule has 2 aromatic rings. The van der Waals surface area contributed by atoms with Crippen molar-refractivity contribution in [3.8, 4) is 0 Å². The Morgan fingerprint density at radius 2 is 2.21 bits per heavy atom. The molecule has 2 rings (SSSR count). The van der Waals surface area contributed by atoms with E-state index in [4.69, 9.17) is 11.6 Å². The molecule has 0 aliphatic rings. The van der Waals surface area contributed by atoms with Crippen LogP contribution in [0, 0.1) is 0 Å². The van der Waals surface area contributed by atoms with E-state index in [1.165, 1.54) is 11.5 Å². The lowest BCUT2D eigenvalue weighted by molar-refractivity contribution is 0.607. The molecule has 0 unspecified atom stereocenters. The number of benzene rings is 1. The standard InChI is InChI=1S/C10H11ClN4O2S2/c1-19(16,17)14-10-3-2-7(4-9(10)11)12-5-8-6-18-15-13-8/h2-4,6,12,14H,5H2,1H3. The van der Waals surface area contributed by atoms with Crippen molar-refractivity contribution in [1.82, 2.24) is 9.59 Å². The van der Waals surface area contributed by atoms with Crippen molar-refractivity contribution in [3.63, 3.8) is 0 Å². The van der Waals surface area contributed by atoms with E-state index in [-0.39, 0.29) is 0 Å². The second kappa shape index (κ2) is 5.72. The van der Waals surface area contributed by atoms with Gasteiger partial charge in [0, 0.05) is 11.1 Å². The molecule has 2 N–H and O–H groups in total. The van der Waals surface area contributed by atoms with Crippen LogP contribution in [0.25, 0.3) is 0 Å². The van der Waals surface area contributed by atoms with Crippen LogP contribution in [0.1, 0.15) is 5.69 Å². The van der Waals surface area contributed by atoms with Crippen LogP contribution in [0.4, 0.5) is 11.4 Å². The molecule has 0 radical (unpaired) electrons. The van der Waals surface area contributed by atoms with E-state index in [0.717, 1.165) is 17.6 Å². The van der Waals surface area contributed by atoms with Gasteiger partial charge in [-0.1, -0.05) is 16.1 Å². The number of nitrogens with one attached hydrogen (secondary N) is 2. The number of halogens is 1. The van der Waals surface area contributed by atoms with Gasteiger partial charge >= 0.3 is 0 Å². The Balaban J connectivity index is 2.06. The van der Waals surface area contributed by atoms with E-state index >= 15 is 0 Å². The smallest absolute Gasteiger partial charge is 0.229 e. The Bertz CT molecular complexity index is 658. The zero-order valence-corrected chi connectivity index (χ0v) is 12.3.